The molecule has 0 N–H and O–H groups in total. The number of imidazole rings is 1. The van der Waals surface area contributed by atoms with Gasteiger partial charge in [-0.1, -0.05) is 144 Å². The molecule has 3 heteroatoms. The Morgan fingerprint density at radius 2 is 0.850 bits per heavy atom. The third kappa shape index (κ3) is 11.6. The average molecular weight is 806 g/mol. The van der Waals surface area contributed by atoms with E-state index < -0.39 is 0 Å². The van der Waals surface area contributed by atoms with Gasteiger partial charge in [-0.2, -0.15) is 0 Å². The lowest BCUT2D eigenvalue weighted by Gasteiger charge is -2.23. The Morgan fingerprint density at radius 1 is 0.383 bits per heavy atom. The lowest BCUT2D eigenvalue weighted by molar-refractivity contribution is 0.661. The van der Waals surface area contributed by atoms with Gasteiger partial charge in [-0.05, 0) is 163 Å². The number of benzene rings is 4. The summed E-state index contributed by atoms with van der Waals surface area (Å²) in [5, 5.41) is 1.36. The summed E-state index contributed by atoms with van der Waals surface area (Å²) in [7, 11) is 0. The Labute approximate surface area is 365 Å². The SMILES string of the molecule is CCCCCCc1cc(-n2ccc3cc(CCC)ccc32)c(CCCCCC)cc1-c1cc(CCCCCC)c(-n2cnc3cc(CCC)ccc32)cc1CCCCCC. The highest BCUT2D eigenvalue weighted by atomic mass is 15.1. The van der Waals surface area contributed by atoms with E-state index in [4.69, 9.17) is 4.98 Å². The van der Waals surface area contributed by atoms with Crippen LogP contribution in [0.4, 0.5) is 0 Å². The number of unbranched alkanes of at least 4 members (excludes halogenated alkanes) is 12. The van der Waals surface area contributed by atoms with Crippen LogP contribution in [0.15, 0.2) is 79.3 Å². The van der Waals surface area contributed by atoms with Gasteiger partial charge >= 0.3 is 0 Å². The molecule has 6 aromatic rings. The third-order valence-electron chi connectivity index (χ3n) is 13.1. The summed E-state index contributed by atoms with van der Waals surface area (Å²) in [4.78, 5) is 5.03. The van der Waals surface area contributed by atoms with Crippen molar-refractivity contribution < 1.29 is 0 Å². The first-order valence-corrected chi connectivity index (χ1v) is 24.9. The Morgan fingerprint density at radius 3 is 1.35 bits per heavy atom. The highest BCUT2D eigenvalue weighted by Crippen LogP contribution is 2.39. The molecule has 322 valence electrons. The lowest BCUT2D eigenvalue weighted by atomic mass is 9.85. The van der Waals surface area contributed by atoms with Crippen molar-refractivity contribution >= 4 is 21.9 Å². The van der Waals surface area contributed by atoms with Gasteiger partial charge in [-0.3, -0.25) is 4.57 Å². The van der Waals surface area contributed by atoms with Crippen LogP contribution < -0.4 is 0 Å². The van der Waals surface area contributed by atoms with E-state index >= 15 is 0 Å². The normalized spacial score (nSPS) is 11.8. The van der Waals surface area contributed by atoms with E-state index in [2.05, 4.69) is 130 Å². The monoisotopic (exact) mass is 806 g/mol. The van der Waals surface area contributed by atoms with Gasteiger partial charge in [-0.15, -0.1) is 0 Å². The molecule has 0 saturated heterocycles. The molecular formula is C57H79N3. The van der Waals surface area contributed by atoms with Crippen LogP contribution in [-0.2, 0) is 38.5 Å². The van der Waals surface area contributed by atoms with E-state index in [1.807, 2.05) is 0 Å². The first-order chi connectivity index (χ1) is 29.5. The molecule has 0 spiro atoms. The quantitative estimate of drug-likeness (QED) is 0.0476. The first kappa shape index (κ1) is 45.4. The van der Waals surface area contributed by atoms with Gasteiger partial charge in [-0.25, -0.2) is 4.98 Å². The molecule has 2 aromatic heterocycles. The molecular weight excluding hydrogens is 727 g/mol. The minimum Gasteiger partial charge on any atom is -0.316 e. The van der Waals surface area contributed by atoms with Crippen LogP contribution >= 0.6 is 0 Å². The van der Waals surface area contributed by atoms with Crippen LogP contribution in [0.3, 0.4) is 0 Å². The van der Waals surface area contributed by atoms with Crippen molar-refractivity contribution in [1.82, 2.24) is 14.1 Å². The molecule has 60 heavy (non-hydrogen) atoms. The van der Waals surface area contributed by atoms with Crippen molar-refractivity contribution in [2.24, 2.45) is 0 Å². The summed E-state index contributed by atoms with van der Waals surface area (Å²) in [6, 6.07) is 27.1. The number of hydrogen-bond donors (Lipinski definition) is 0. The summed E-state index contributed by atoms with van der Waals surface area (Å²) in [5.41, 5.74) is 18.2. The van der Waals surface area contributed by atoms with Gasteiger partial charge in [0.15, 0.2) is 0 Å². The highest BCUT2D eigenvalue weighted by Gasteiger charge is 2.20. The Bertz CT molecular complexity index is 2050. The fourth-order valence-electron chi connectivity index (χ4n) is 9.63. The molecule has 0 saturated carbocycles. The van der Waals surface area contributed by atoms with E-state index in [9.17, 15) is 0 Å². The third-order valence-corrected chi connectivity index (χ3v) is 13.1. The Balaban J connectivity index is 1.56. The lowest BCUT2D eigenvalue weighted by Crippen LogP contribution is -2.07. The fraction of sp³-hybridized carbons (Fsp3) is 0.526. The van der Waals surface area contributed by atoms with Gasteiger partial charge in [0.2, 0.25) is 0 Å². The fourth-order valence-corrected chi connectivity index (χ4v) is 9.63. The maximum atomic E-state index is 5.03. The molecule has 3 nitrogen and oxygen atoms in total. The molecule has 0 amide bonds. The molecule has 0 radical (unpaired) electrons. The molecule has 0 bridgehead atoms. The largest absolute Gasteiger partial charge is 0.316 e. The molecule has 4 aromatic carbocycles. The Kier molecular flexibility index (Phi) is 18.0. The number of hydrogen-bond acceptors (Lipinski definition) is 1. The topological polar surface area (TPSA) is 22.8 Å². The molecule has 0 unspecified atom stereocenters. The smallest absolute Gasteiger partial charge is 0.100 e. The van der Waals surface area contributed by atoms with Crippen molar-refractivity contribution in [3.8, 4) is 22.5 Å². The van der Waals surface area contributed by atoms with Gasteiger partial charge in [0.05, 0.1) is 22.2 Å². The summed E-state index contributed by atoms with van der Waals surface area (Å²) in [6.45, 7) is 13.9. The van der Waals surface area contributed by atoms with E-state index in [1.54, 1.807) is 0 Å². The summed E-state index contributed by atoms with van der Waals surface area (Å²) in [5.74, 6) is 0. The molecule has 0 atom stereocenters. The summed E-state index contributed by atoms with van der Waals surface area (Å²) >= 11 is 0. The number of aryl methyl sites for hydroxylation is 6. The maximum Gasteiger partial charge on any atom is 0.100 e. The molecule has 0 aliphatic carbocycles. The van der Waals surface area contributed by atoms with Gasteiger partial charge in [0, 0.05) is 17.3 Å². The summed E-state index contributed by atoms with van der Waals surface area (Å²) < 4.78 is 4.96. The Hall–Kier alpha value is -4.11. The zero-order chi connectivity index (χ0) is 42.1. The molecule has 0 fully saturated rings. The predicted octanol–water partition coefficient (Wildman–Crippen LogP) is 17.0. The van der Waals surface area contributed by atoms with Crippen LogP contribution in [0.1, 0.15) is 190 Å². The number of nitrogens with zero attached hydrogens (tertiary/aromatic N) is 3. The second kappa shape index (κ2) is 23.8. The zero-order valence-electron chi connectivity index (χ0n) is 38.8. The maximum absolute atomic E-state index is 5.03. The van der Waals surface area contributed by atoms with Crippen LogP contribution in [-0.4, -0.2) is 14.1 Å². The zero-order valence-corrected chi connectivity index (χ0v) is 38.8. The van der Waals surface area contributed by atoms with Crippen molar-refractivity contribution in [1.29, 1.82) is 0 Å². The van der Waals surface area contributed by atoms with E-state index in [1.165, 1.54) is 181 Å². The number of fused-ring (bicyclic) bond motifs is 2. The molecule has 2 heterocycles. The van der Waals surface area contributed by atoms with Crippen molar-refractivity contribution in [2.45, 2.75) is 196 Å². The molecule has 6 rings (SSSR count). The first-order valence-electron chi connectivity index (χ1n) is 24.9. The van der Waals surface area contributed by atoms with Crippen LogP contribution in [0.25, 0.3) is 44.4 Å². The van der Waals surface area contributed by atoms with E-state index in [-0.39, 0.29) is 0 Å². The van der Waals surface area contributed by atoms with Crippen LogP contribution in [0, 0.1) is 0 Å². The van der Waals surface area contributed by atoms with Gasteiger partial charge < -0.3 is 4.57 Å². The summed E-state index contributed by atoms with van der Waals surface area (Å²) in [6.07, 6.45) is 33.8. The average Bonchev–Trinajstić information content (AvgIpc) is 3.88. The van der Waals surface area contributed by atoms with Gasteiger partial charge in [0.25, 0.3) is 0 Å². The van der Waals surface area contributed by atoms with Crippen LogP contribution in [0.5, 0.6) is 0 Å². The second-order valence-corrected chi connectivity index (χ2v) is 18.0. The standard InChI is InChI=1S/C57H79N3/c1-7-13-17-21-27-46-41-56(59-36-35-50-37-44(25-11-5)31-33-54(50)59)48(29-23-19-15-9-3)39-51(46)52-40-49(30-24-20-16-10-4)57(42-47(52)28-22-18-14-8-2)60-43-58-53-38-45(26-12-6)32-34-55(53)60/h31-43H,7-30H2,1-6H3. The minimum atomic E-state index is 1.09. The van der Waals surface area contributed by atoms with E-state index in [0.29, 0.717) is 0 Å². The minimum absolute atomic E-state index is 1.09. The highest BCUT2D eigenvalue weighted by molar-refractivity contribution is 5.84. The van der Waals surface area contributed by atoms with Crippen molar-refractivity contribution in [3.63, 3.8) is 0 Å². The predicted molar refractivity (Wildman–Crippen MR) is 263 cm³/mol. The second-order valence-electron chi connectivity index (χ2n) is 18.0. The van der Waals surface area contributed by atoms with E-state index in [0.717, 1.165) is 50.5 Å². The number of aromatic nitrogens is 3. The molecule has 0 aliphatic heterocycles. The van der Waals surface area contributed by atoms with Gasteiger partial charge in [0.1, 0.15) is 6.33 Å². The van der Waals surface area contributed by atoms with Crippen molar-refractivity contribution in [2.75, 3.05) is 0 Å². The number of rotatable bonds is 27. The van der Waals surface area contributed by atoms with Crippen LogP contribution in [0.2, 0.25) is 0 Å². The van der Waals surface area contributed by atoms with Crippen molar-refractivity contribution in [3.05, 3.63) is 113 Å². The molecule has 0 aliphatic rings.